The summed E-state index contributed by atoms with van der Waals surface area (Å²) in [4.78, 5) is 35.9. The number of nitrogens with zero attached hydrogens (tertiary/aromatic N) is 2. The minimum atomic E-state index is -0.547. The predicted octanol–water partition coefficient (Wildman–Crippen LogP) is 1.33. The third-order valence-corrected chi connectivity index (χ3v) is 4.45. The zero-order valence-electron chi connectivity index (χ0n) is 14.6. The molecule has 3 heterocycles. The van der Waals surface area contributed by atoms with Gasteiger partial charge in [0.15, 0.2) is 0 Å². The second kappa shape index (κ2) is 7.45. The van der Waals surface area contributed by atoms with Crippen LogP contribution in [0.5, 0.6) is 0 Å². The summed E-state index contributed by atoms with van der Waals surface area (Å²) in [7, 11) is 0. The molecule has 3 rings (SSSR count). The van der Waals surface area contributed by atoms with E-state index in [9.17, 15) is 14.7 Å². The SMILES string of the molecule is Cc1nccc2[nH]c(=O)c(CC(=O)N[C@@H](CO)c3ccncc3)c(C)c12. The molecule has 26 heavy (non-hydrogen) atoms. The molecule has 0 aliphatic carbocycles. The van der Waals surface area contributed by atoms with Gasteiger partial charge in [0.25, 0.3) is 5.56 Å². The van der Waals surface area contributed by atoms with Gasteiger partial charge in [-0.15, -0.1) is 0 Å². The predicted molar refractivity (Wildman–Crippen MR) is 97.7 cm³/mol. The fourth-order valence-electron chi connectivity index (χ4n) is 3.11. The number of carbonyl (C=O) groups is 1. The number of hydrogen-bond acceptors (Lipinski definition) is 5. The first-order valence-corrected chi connectivity index (χ1v) is 8.28. The Morgan fingerprint density at radius 1 is 1.23 bits per heavy atom. The zero-order valence-corrected chi connectivity index (χ0v) is 14.6. The third kappa shape index (κ3) is 3.48. The first kappa shape index (κ1) is 17.8. The van der Waals surface area contributed by atoms with E-state index < -0.39 is 6.04 Å². The lowest BCUT2D eigenvalue weighted by Gasteiger charge is -2.17. The molecule has 0 spiro atoms. The molecule has 0 aliphatic rings. The van der Waals surface area contributed by atoms with Crippen molar-refractivity contribution in [3.63, 3.8) is 0 Å². The van der Waals surface area contributed by atoms with E-state index in [0.29, 0.717) is 11.1 Å². The largest absolute Gasteiger partial charge is 0.394 e. The fraction of sp³-hybridized carbons (Fsp3) is 0.263. The van der Waals surface area contributed by atoms with Crippen molar-refractivity contribution >= 4 is 16.8 Å². The van der Waals surface area contributed by atoms with Crippen LogP contribution in [0.4, 0.5) is 0 Å². The lowest BCUT2D eigenvalue weighted by atomic mass is 10.0. The Balaban J connectivity index is 1.88. The van der Waals surface area contributed by atoms with E-state index in [1.165, 1.54) is 0 Å². The number of aromatic amines is 1. The van der Waals surface area contributed by atoms with E-state index >= 15 is 0 Å². The van der Waals surface area contributed by atoms with Crippen molar-refractivity contribution in [2.24, 2.45) is 0 Å². The smallest absolute Gasteiger partial charge is 0.252 e. The van der Waals surface area contributed by atoms with Crippen LogP contribution in [-0.4, -0.2) is 32.6 Å². The van der Waals surface area contributed by atoms with Gasteiger partial charge in [0, 0.05) is 35.2 Å². The van der Waals surface area contributed by atoms with E-state index in [1.54, 1.807) is 36.8 Å². The highest BCUT2D eigenvalue weighted by Crippen LogP contribution is 2.20. The molecule has 0 fully saturated rings. The van der Waals surface area contributed by atoms with Crippen molar-refractivity contribution in [3.05, 3.63) is 69.5 Å². The average Bonchev–Trinajstić information content (AvgIpc) is 2.63. The highest BCUT2D eigenvalue weighted by Gasteiger charge is 2.18. The van der Waals surface area contributed by atoms with E-state index in [1.807, 2.05) is 13.8 Å². The molecular weight excluding hydrogens is 332 g/mol. The summed E-state index contributed by atoms with van der Waals surface area (Å²) in [5.74, 6) is -0.338. The maximum absolute atomic E-state index is 12.5. The summed E-state index contributed by atoms with van der Waals surface area (Å²) in [6.45, 7) is 3.44. The van der Waals surface area contributed by atoms with Crippen molar-refractivity contribution in [2.75, 3.05) is 6.61 Å². The summed E-state index contributed by atoms with van der Waals surface area (Å²) in [6, 6.07) is 4.65. The third-order valence-electron chi connectivity index (χ3n) is 4.45. The standard InChI is InChI=1S/C19H20N4O3/c1-11-14(19(26)23-15-5-8-21-12(2)18(11)15)9-17(25)22-16(10-24)13-3-6-20-7-4-13/h3-8,16,24H,9-10H2,1-2H3,(H,22,25)(H,23,26)/t16-/m0/s1. The lowest BCUT2D eigenvalue weighted by molar-refractivity contribution is -0.121. The molecule has 1 amide bonds. The van der Waals surface area contributed by atoms with E-state index in [0.717, 1.165) is 22.2 Å². The minimum absolute atomic E-state index is 0.0764. The molecule has 0 radical (unpaired) electrons. The number of aliphatic hydroxyl groups is 1. The van der Waals surface area contributed by atoms with Crippen LogP contribution >= 0.6 is 0 Å². The second-order valence-corrected chi connectivity index (χ2v) is 6.14. The van der Waals surface area contributed by atoms with Gasteiger partial charge in [0.05, 0.1) is 24.6 Å². The molecule has 0 unspecified atom stereocenters. The Hall–Kier alpha value is -3.06. The molecule has 7 heteroatoms. The first-order valence-electron chi connectivity index (χ1n) is 8.28. The number of pyridine rings is 3. The van der Waals surface area contributed by atoms with Crippen LogP contribution in [0.25, 0.3) is 10.9 Å². The first-order chi connectivity index (χ1) is 12.5. The van der Waals surface area contributed by atoms with E-state index in [-0.39, 0.29) is 24.5 Å². The zero-order chi connectivity index (χ0) is 18.7. The van der Waals surface area contributed by atoms with E-state index in [4.69, 9.17) is 0 Å². The number of aromatic nitrogens is 3. The van der Waals surface area contributed by atoms with Crippen LogP contribution < -0.4 is 10.9 Å². The number of fused-ring (bicyclic) bond motifs is 1. The Morgan fingerprint density at radius 3 is 2.65 bits per heavy atom. The molecule has 134 valence electrons. The summed E-state index contributed by atoms with van der Waals surface area (Å²) in [6.07, 6.45) is 4.75. The maximum atomic E-state index is 12.5. The molecule has 0 aliphatic heterocycles. The molecule has 0 bridgehead atoms. The quantitative estimate of drug-likeness (QED) is 0.642. The molecule has 7 nitrogen and oxygen atoms in total. The summed E-state index contributed by atoms with van der Waals surface area (Å²) < 4.78 is 0. The maximum Gasteiger partial charge on any atom is 0.252 e. The van der Waals surface area contributed by atoms with Gasteiger partial charge in [0.2, 0.25) is 5.91 Å². The molecule has 3 aromatic rings. The van der Waals surface area contributed by atoms with Crippen LogP contribution in [0.2, 0.25) is 0 Å². The van der Waals surface area contributed by atoms with Crippen LogP contribution in [0.15, 0.2) is 41.6 Å². The number of carbonyl (C=O) groups excluding carboxylic acids is 1. The number of H-pyrrole nitrogens is 1. The van der Waals surface area contributed by atoms with Crippen LogP contribution in [-0.2, 0) is 11.2 Å². The Morgan fingerprint density at radius 2 is 1.96 bits per heavy atom. The average molecular weight is 352 g/mol. The number of rotatable bonds is 5. The van der Waals surface area contributed by atoms with Crippen molar-refractivity contribution in [1.82, 2.24) is 20.3 Å². The van der Waals surface area contributed by atoms with Gasteiger partial charge in [-0.1, -0.05) is 0 Å². The Bertz CT molecular complexity index is 999. The number of aliphatic hydroxyl groups excluding tert-OH is 1. The minimum Gasteiger partial charge on any atom is -0.394 e. The monoisotopic (exact) mass is 352 g/mol. The normalized spacial score (nSPS) is 12.1. The number of hydrogen-bond donors (Lipinski definition) is 3. The second-order valence-electron chi connectivity index (χ2n) is 6.14. The summed E-state index contributed by atoms with van der Waals surface area (Å²) in [5, 5.41) is 13.2. The Labute approximate surface area is 150 Å². The molecule has 0 saturated carbocycles. The molecule has 1 atom stereocenters. The summed E-state index contributed by atoms with van der Waals surface area (Å²) >= 11 is 0. The topological polar surface area (TPSA) is 108 Å². The van der Waals surface area contributed by atoms with Crippen molar-refractivity contribution in [3.8, 4) is 0 Å². The Kier molecular flexibility index (Phi) is 5.09. The number of aryl methyl sites for hydroxylation is 2. The highest BCUT2D eigenvalue weighted by molar-refractivity contribution is 5.87. The van der Waals surface area contributed by atoms with Crippen LogP contribution in [0.3, 0.4) is 0 Å². The van der Waals surface area contributed by atoms with Gasteiger partial charge in [0.1, 0.15) is 0 Å². The van der Waals surface area contributed by atoms with Crippen molar-refractivity contribution < 1.29 is 9.90 Å². The van der Waals surface area contributed by atoms with Crippen molar-refractivity contribution in [1.29, 1.82) is 0 Å². The lowest BCUT2D eigenvalue weighted by Crippen LogP contribution is -2.33. The number of amides is 1. The van der Waals surface area contributed by atoms with Gasteiger partial charge in [-0.2, -0.15) is 0 Å². The highest BCUT2D eigenvalue weighted by atomic mass is 16.3. The summed E-state index contributed by atoms with van der Waals surface area (Å²) in [5.41, 5.74) is 3.10. The van der Waals surface area contributed by atoms with Crippen LogP contribution in [0, 0.1) is 13.8 Å². The van der Waals surface area contributed by atoms with Gasteiger partial charge < -0.3 is 15.4 Å². The molecule has 3 aromatic heterocycles. The molecule has 0 aromatic carbocycles. The van der Waals surface area contributed by atoms with E-state index in [2.05, 4.69) is 20.3 Å². The van der Waals surface area contributed by atoms with Gasteiger partial charge >= 0.3 is 0 Å². The fourth-order valence-corrected chi connectivity index (χ4v) is 3.11. The van der Waals surface area contributed by atoms with Gasteiger partial charge in [-0.05, 0) is 43.2 Å². The molecular formula is C19H20N4O3. The van der Waals surface area contributed by atoms with Crippen molar-refractivity contribution in [2.45, 2.75) is 26.3 Å². The van der Waals surface area contributed by atoms with Gasteiger partial charge in [-0.3, -0.25) is 19.6 Å². The molecule has 3 N–H and O–H groups in total. The van der Waals surface area contributed by atoms with Crippen LogP contribution in [0.1, 0.15) is 28.4 Å². The molecule has 0 saturated heterocycles. The number of nitrogens with one attached hydrogen (secondary N) is 2. The van der Waals surface area contributed by atoms with Gasteiger partial charge in [-0.25, -0.2) is 0 Å².